The van der Waals surface area contributed by atoms with E-state index in [4.69, 9.17) is 10.5 Å². The van der Waals surface area contributed by atoms with Gasteiger partial charge >= 0.3 is 0 Å². The average molecular weight is 266 g/mol. The van der Waals surface area contributed by atoms with E-state index in [9.17, 15) is 4.79 Å². The number of methoxy groups -OCH3 is 1. The third kappa shape index (κ3) is 2.64. The lowest BCUT2D eigenvalue weighted by molar-refractivity contribution is -0.131. The van der Waals surface area contributed by atoms with Crippen LogP contribution in [0, 0.1) is 0 Å². The highest BCUT2D eigenvalue weighted by molar-refractivity contribution is 5.85. The summed E-state index contributed by atoms with van der Waals surface area (Å²) >= 11 is 0. The second kappa shape index (κ2) is 5.71. The number of nitrogens with zero attached hydrogens (tertiary/aromatic N) is 3. The lowest BCUT2D eigenvalue weighted by atomic mass is 9.96. The van der Waals surface area contributed by atoms with Crippen LogP contribution in [0.3, 0.4) is 0 Å². The standard InChI is InChI=1S/C13H22N4O2/c1-16-10-15-8-11(16)4-7-17-6-3-5-13(17,9-19-2)12(14)18/h8,10H,3-7,9H2,1-2H3,(H2,14,18). The molecule has 1 atom stereocenters. The molecule has 1 aliphatic heterocycles. The van der Waals surface area contributed by atoms with Gasteiger partial charge in [0.25, 0.3) is 0 Å². The van der Waals surface area contributed by atoms with E-state index in [-0.39, 0.29) is 5.91 Å². The molecule has 106 valence electrons. The molecule has 0 aromatic carbocycles. The lowest BCUT2D eigenvalue weighted by Crippen LogP contribution is -2.57. The van der Waals surface area contributed by atoms with Gasteiger partial charge in [-0.1, -0.05) is 0 Å². The molecule has 1 saturated heterocycles. The number of rotatable bonds is 6. The van der Waals surface area contributed by atoms with Gasteiger partial charge in [-0.3, -0.25) is 9.69 Å². The molecule has 1 fully saturated rings. The van der Waals surface area contributed by atoms with Gasteiger partial charge in [-0.25, -0.2) is 4.98 Å². The Labute approximate surface area is 113 Å². The quantitative estimate of drug-likeness (QED) is 0.782. The van der Waals surface area contributed by atoms with Gasteiger partial charge in [0.2, 0.25) is 5.91 Å². The summed E-state index contributed by atoms with van der Waals surface area (Å²) in [4.78, 5) is 18.1. The maximum absolute atomic E-state index is 11.8. The number of nitrogens with two attached hydrogens (primary N) is 1. The van der Waals surface area contributed by atoms with E-state index in [1.165, 1.54) is 0 Å². The van der Waals surface area contributed by atoms with Crippen LogP contribution in [0.5, 0.6) is 0 Å². The molecule has 1 aliphatic rings. The first-order chi connectivity index (χ1) is 9.10. The number of imidazole rings is 1. The van der Waals surface area contributed by atoms with Gasteiger partial charge in [-0.05, 0) is 19.4 Å². The first kappa shape index (κ1) is 14.0. The molecule has 1 aromatic rings. The Balaban J connectivity index is 2.05. The van der Waals surface area contributed by atoms with Crippen molar-refractivity contribution < 1.29 is 9.53 Å². The highest BCUT2D eigenvalue weighted by Crippen LogP contribution is 2.29. The Hall–Kier alpha value is -1.40. The van der Waals surface area contributed by atoms with Crippen LogP contribution in [0.1, 0.15) is 18.5 Å². The van der Waals surface area contributed by atoms with E-state index in [2.05, 4.69) is 9.88 Å². The van der Waals surface area contributed by atoms with Crippen molar-refractivity contribution in [2.24, 2.45) is 12.8 Å². The predicted octanol–water partition coefficient (Wildman–Crippen LogP) is -0.0711. The molecule has 0 spiro atoms. The maximum atomic E-state index is 11.8. The molecule has 2 heterocycles. The second-order valence-electron chi connectivity index (χ2n) is 5.17. The summed E-state index contributed by atoms with van der Waals surface area (Å²) in [5, 5.41) is 0. The number of primary amides is 1. The van der Waals surface area contributed by atoms with Crippen molar-refractivity contribution in [2.75, 3.05) is 26.8 Å². The summed E-state index contributed by atoms with van der Waals surface area (Å²) in [5.41, 5.74) is 6.13. The normalized spacial score (nSPS) is 23.9. The van der Waals surface area contributed by atoms with Crippen LogP contribution in [-0.2, 0) is 23.0 Å². The Bertz CT molecular complexity index is 446. The fourth-order valence-electron chi connectivity index (χ4n) is 2.89. The van der Waals surface area contributed by atoms with Crippen LogP contribution in [-0.4, -0.2) is 52.7 Å². The minimum atomic E-state index is -0.632. The number of carbonyl (C=O) groups excluding carboxylic acids is 1. The number of carbonyl (C=O) groups is 1. The summed E-state index contributed by atoms with van der Waals surface area (Å²) in [6, 6.07) is 0. The Kier molecular flexibility index (Phi) is 4.21. The second-order valence-corrected chi connectivity index (χ2v) is 5.17. The minimum Gasteiger partial charge on any atom is -0.382 e. The van der Waals surface area contributed by atoms with Crippen LogP contribution >= 0.6 is 0 Å². The summed E-state index contributed by atoms with van der Waals surface area (Å²) in [6.07, 6.45) is 6.27. The van der Waals surface area contributed by atoms with Crippen molar-refractivity contribution in [3.8, 4) is 0 Å². The van der Waals surface area contributed by atoms with E-state index >= 15 is 0 Å². The Morgan fingerprint density at radius 3 is 3.00 bits per heavy atom. The molecule has 0 radical (unpaired) electrons. The summed E-state index contributed by atoms with van der Waals surface area (Å²) in [5.74, 6) is -0.281. The van der Waals surface area contributed by atoms with Crippen molar-refractivity contribution in [2.45, 2.75) is 24.8 Å². The summed E-state index contributed by atoms with van der Waals surface area (Å²) < 4.78 is 7.22. The van der Waals surface area contributed by atoms with E-state index < -0.39 is 5.54 Å². The summed E-state index contributed by atoms with van der Waals surface area (Å²) in [6.45, 7) is 2.06. The third-order valence-electron chi connectivity index (χ3n) is 4.02. The molecule has 1 unspecified atom stereocenters. The van der Waals surface area contributed by atoms with Crippen molar-refractivity contribution in [3.05, 3.63) is 18.2 Å². The topological polar surface area (TPSA) is 73.4 Å². The number of aryl methyl sites for hydroxylation is 1. The largest absolute Gasteiger partial charge is 0.382 e. The monoisotopic (exact) mass is 266 g/mol. The van der Waals surface area contributed by atoms with Crippen molar-refractivity contribution >= 4 is 5.91 Å². The van der Waals surface area contributed by atoms with Gasteiger partial charge in [0.1, 0.15) is 5.54 Å². The van der Waals surface area contributed by atoms with E-state index in [1.807, 2.05) is 17.8 Å². The first-order valence-corrected chi connectivity index (χ1v) is 6.59. The van der Waals surface area contributed by atoms with Gasteiger partial charge < -0.3 is 15.0 Å². The fraction of sp³-hybridized carbons (Fsp3) is 0.692. The molecule has 6 nitrogen and oxygen atoms in total. The van der Waals surface area contributed by atoms with Gasteiger partial charge in [0.05, 0.1) is 12.9 Å². The SMILES string of the molecule is COCC1(C(N)=O)CCCN1CCc1cncn1C. The molecule has 2 N–H and O–H groups in total. The van der Waals surface area contributed by atoms with Crippen LogP contribution < -0.4 is 5.73 Å². The molecule has 0 aliphatic carbocycles. The number of aromatic nitrogens is 2. The Morgan fingerprint density at radius 2 is 2.42 bits per heavy atom. The molecule has 6 heteroatoms. The van der Waals surface area contributed by atoms with Gasteiger partial charge in [-0.2, -0.15) is 0 Å². The average Bonchev–Trinajstić information content (AvgIpc) is 2.95. The number of likely N-dealkylation sites (tertiary alicyclic amines) is 1. The molecule has 1 aromatic heterocycles. The van der Waals surface area contributed by atoms with E-state index in [0.717, 1.165) is 38.0 Å². The number of ether oxygens (including phenoxy) is 1. The predicted molar refractivity (Wildman–Crippen MR) is 71.5 cm³/mol. The zero-order valence-electron chi connectivity index (χ0n) is 11.6. The van der Waals surface area contributed by atoms with Crippen LogP contribution in [0.4, 0.5) is 0 Å². The number of amides is 1. The third-order valence-corrected chi connectivity index (χ3v) is 4.02. The fourth-order valence-corrected chi connectivity index (χ4v) is 2.89. The molecule has 0 bridgehead atoms. The van der Waals surface area contributed by atoms with Gasteiger partial charge in [0, 0.05) is 39.0 Å². The van der Waals surface area contributed by atoms with Crippen molar-refractivity contribution in [1.29, 1.82) is 0 Å². The van der Waals surface area contributed by atoms with Crippen molar-refractivity contribution in [1.82, 2.24) is 14.5 Å². The maximum Gasteiger partial charge on any atom is 0.240 e. The zero-order chi connectivity index (χ0) is 13.9. The van der Waals surface area contributed by atoms with Crippen molar-refractivity contribution in [3.63, 3.8) is 0 Å². The van der Waals surface area contributed by atoms with Crippen LogP contribution in [0.15, 0.2) is 12.5 Å². The summed E-state index contributed by atoms with van der Waals surface area (Å²) in [7, 11) is 3.59. The molecule has 2 rings (SSSR count). The molecule has 19 heavy (non-hydrogen) atoms. The lowest BCUT2D eigenvalue weighted by Gasteiger charge is -2.35. The van der Waals surface area contributed by atoms with Crippen LogP contribution in [0.2, 0.25) is 0 Å². The van der Waals surface area contributed by atoms with Gasteiger partial charge in [0.15, 0.2) is 0 Å². The first-order valence-electron chi connectivity index (χ1n) is 6.59. The van der Waals surface area contributed by atoms with Crippen LogP contribution in [0.25, 0.3) is 0 Å². The zero-order valence-corrected chi connectivity index (χ0v) is 11.6. The minimum absolute atomic E-state index is 0.281. The number of hydrogen-bond acceptors (Lipinski definition) is 4. The Morgan fingerprint density at radius 1 is 1.63 bits per heavy atom. The van der Waals surface area contributed by atoms with E-state index in [1.54, 1.807) is 13.4 Å². The molecule has 0 saturated carbocycles. The molecular weight excluding hydrogens is 244 g/mol. The van der Waals surface area contributed by atoms with E-state index in [0.29, 0.717) is 6.61 Å². The molecule has 1 amide bonds. The molecular formula is C13H22N4O2. The van der Waals surface area contributed by atoms with Gasteiger partial charge in [-0.15, -0.1) is 0 Å². The highest BCUT2D eigenvalue weighted by Gasteiger charge is 2.45. The smallest absolute Gasteiger partial charge is 0.240 e. The number of hydrogen-bond donors (Lipinski definition) is 1. The highest BCUT2D eigenvalue weighted by atomic mass is 16.5.